The number of carbonyl (C=O) groups excluding carboxylic acids is 1. The number of nitrogens with one attached hydrogen (secondary N) is 2. The molecule has 0 atom stereocenters. The smallest absolute Gasteiger partial charge is 0.230 e. The van der Waals surface area contributed by atoms with E-state index in [4.69, 9.17) is 4.74 Å². The van der Waals surface area contributed by atoms with E-state index in [1.165, 1.54) is 11.8 Å². The third-order valence-electron chi connectivity index (χ3n) is 2.95. The molecule has 0 aliphatic rings. The number of carbonyl (C=O) groups is 1. The van der Waals surface area contributed by atoms with Crippen LogP contribution in [0.25, 0.3) is 0 Å². The lowest BCUT2D eigenvalue weighted by molar-refractivity contribution is -0.118. The van der Waals surface area contributed by atoms with Gasteiger partial charge in [-0.3, -0.25) is 9.89 Å². The highest BCUT2D eigenvalue weighted by molar-refractivity contribution is 7.99. The summed E-state index contributed by atoms with van der Waals surface area (Å²) in [7, 11) is 1.62. The first-order chi connectivity index (χ1) is 10.7. The Balaban J connectivity index is 1.75. The molecule has 0 aliphatic heterocycles. The quantitative estimate of drug-likeness (QED) is 0.729. The predicted molar refractivity (Wildman–Crippen MR) is 85.9 cm³/mol. The maximum Gasteiger partial charge on any atom is 0.230 e. The summed E-state index contributed by atoms with van der Waals surface area (Å²) >= 11 is 1.33. The number of methoxy groups -OCH3 is 1. The SMILES string of the molecule is CCCc1nc(SCC(=O)NCc2cccc(OC)c2)n[nH]1. The normalized spacial score (nSPS) is 10.5. The number of aromatic nitrogens is 3. The minimum atomic E-state index is -0.0466. The van der Waals surface area contributed by atoms with Crippen molar-refractivity contribution in [2.75, 3.05) is 12.9 Å². The Kier molecular flexibility index (Phi) is 6.27. The van der Waals surface area contributed by atoms with Crippen molar-refractivity contribution in [2.24, 2.45) is 0 Å². The lowest BCUT2D eigenvalue weighted by Crippen LogP contribution is -2.24. The Morgan fingerprint density at radius 2 is 2.32 bits per heavy atom. The number of aromatic amines is 1. The van der Waals surface area contributed by atoms with Crippen LogP contribution in [0.15, 0.2) is 29.4 Å². The fourth-order valence-electron chi connectivity index (χ4n) is 1.86. The Hall–Kier alpha value is -2.02. The molecule has 0 fully saturated rings. The molecule has 7 heteroatoms. The van der Waals surface area contributed by atoms with Crippen LogP contribution in [0.3, 0.4) is 0 Å². The Labute approximate surface area is 134 Å². The van der Waals surface area contributed by atoms with E-state index < -0.39 is 0 Å². The summed E-state index contributed by atoms with van der Waals surface area (Å²) in [6.07, 6.45) is 1.88. The third kappa shape index (κ3) is 5.07. The zero-order valence-electron chi connectivity index (χ0n) is 12.8. The maximum absolute atomic E-state index is 11.8. The monoisotopic (exact) mass is 320 g/mol. The molecule has 118 valence electrons. The number of hydrogen-bond acceptors (Lipinski definition) is 5. The molecule has 1 heterocycles. The fraction of sp³-hybridized carbons (Fsp3) is 0.400. The van der Waals surface area contributed by atoms with Crippen LogP contribution in [0, 0.1) is 0 Å². The minimum Gasteiger partial charge on any atom is -0.497 e. The minimum absolute atomic E-state index is 0.0466. The molecule has 0 aliphatic carbocycles. The lowest BCUT2D eigenvalue weighted by Gasteiger charge is -2.06. The van der Waals surface area contributed by atoms with Crippen LogP contribution in [0.2, 0.25) is 0 Å². The Bertz CT molecular complexity index is 615. The van der Waals surface area contributed by atoms with Crippen LogP contribution in [0.5, 0.6) is 5.75 Å². The molecule has 0 unspecified atom stereocenters. The number of ether oxygens (including phenoxy) is 1. The van der Waals surface area contributed by atoms with Gasteiger partial charge in [-0.1, -0.05) is 30.8 Å². The standard InChI is InChI=1S/C15H20N4O2S/c1-3-5-13-17-15(19-18-13)22-10-14(20)16-9-11-6-4-7-12(8-11)21-2/h4,6-8H,3,5,9-10H2,1-2H3,(H,16,20)(H,17,18,19). The van der Waals surface area contributed by atoms with E-state index in [0.29, 0.717) is 17.5 Å². The summed E-state index contributed by atoms with van der Waals surface area (Å²) in [6, 6.07) is 7.62. The van der Waals surface area contributed by atoms with Crippen LogP contribution in [0.4, 0.5) is 0 Å². The molecule has 2 aromatic rings. The number of hydrogen-bond donors (Lipinski definition) is 2. The van der Waals surface area contributed by atoms with E-state index >= 15 is 0 Å². The van der Waals surface area contributed by atoms with Crippen LogP contribution in [-0.4, -0.2) is 34.0 Å². The highest BCUT2D eigenvalue weighted by Gasteiger charge is 2.07. The van der Waals surface area contributed by atoms with Gasteiger partial charge in [-0.2, -0.15) is 0 Å². The van der Waals surface area contributed by atoms with E-state index in [1.54, 1.807) is 7.11 Å². The Morgan fingerprint density at radius 1 is 1.45 bits per heavy atom. The first kappa shape index (κ1) is 16.4. The molecule has 1 amide bonds. The number of rotatable bonds is 8. The maximum atomic E-state index is 11.8. The highest BCUT2D eigenvalue weighted by Crippen LogP contribution is 2.14. The summed E-state index contributed by atoms with van der Waals surface area (Å²) in [5.41, 5.74) is 1.00. The van der Waals surface area contributed by atoms with Crippen LogP contribution in [-0.2, 0) is 17.8 Å². The Morgan fingerprint density at radius 3 is 3.09 bits per heavy atom. The third-order valence-corrected chi connectivity index (χ3v) is 3.80. The van der Waals surface area contributed by atoms with Gasteiger partial charge in [-0.15, -0.1) is 5.10 Å². The van der Waals surface area contributed by atoms with E-state index in [0.717, 1.165) is 30.0 Å². The summed E-state index contributed by atoms with van der Waals surface area (Å²) in [4.78, 5) is 16.2. The number of amides is 1. The van der Waals surface area contributed by atoms with Gasteiger partial charge in [0.2, 0.25) is 11.1 Å². The van der Waals surface area contributed by atoms with E-state index in [-0.39, 0.29) is 5.91 Å². The van der Waals surface area contributed by atoms with Gasteiger partial charge in [0, 0.05) is 13.0 Å². The van der Waals surface area contributed by atoms with Crippen molar-refractivity contribution < 1.29 is 9.53 Å². The summed E-state index contributed by atoms with van der Waals surface area (Å²) in [5.74, 6) is 1.90. The van der Waals surface area contributed by atoms with Gasteiger partial charge >= 0.3 is 0 Å². The average molecular weight is 320 g/mol. The molecule has 0 saturated heterocycles. The van der Waals surface area contributed by atoms with Gasteiger partial charge in [0.05, 0.1) is 12.9 Å². The van der Waals surface area contributed by atoms with Crippen LogP contribution < -0.4 is 10.1 Å². The topological polar surface area (TPSA) is 79.9 Å². The zero-order valence-corrected chi connectivity index (χ0v) is 13.6. The molecule has 0 saturated carbocycles. The summed E-state index contributed by atoms with van der Waals surface area (Å²) in [6.45, 7) is 2.56. The number of nitrogens with zero attached hydrogens (tertiary/aromatic N) is 2. The van der Waals surface area contributed by atoms with E-state index in [2.05, 4.69) is 27.4 Å². The first-order valence-corrected chi connectivity index (χ1v) is 8.13. The molecule has 2 rings (SSSR count). The number of aryl methyl sites for hydroxylation is 1. The average Bonchev–Trinajstić information content (AvgIpc) is 2.99. The van der Waals surface area contributed by atoms with Gasteiger partial charge in [-0.05, 0) is 24.1 Å². The van der Waals surface area contributed by atoms with Gasteiger partial charge < -0.3 is 10.1 Å². The largest absolute Gasteiger partial charge is 0.497 e. The zero-order chi connectivity index (χ0) is 15.8. The van der Waals surface area contributed by atoms with Gasteiger partial charge in [-0.25, -0.2) is 4.98 Å². The second kappa shape index (κ2) is 8.43. The fourth-order valence-corrected chi connectivity index (χ4v) is 2.50. The molecule has 0 spiro atoms. The van der Waals surface area contributed by atoms with Gasteiger partial charge in [0.1, 0.15) is 11.6 Å². The second-order valence-corrected chi connectivity index (χ2v) is 5.67. The van der Waals surface area contributed by atoms with E-state index in [1.807, 2.05) is 24.3 Å². The molecule has 2 N–H and O–H groups in total. The highest BCUT2D eigenvalue weighted by atomic mass is 32.2. The van der Waals surface area contributed by atoms with Crippen LogP contribution in [0.1, 0.15) is 24.7 Å². The van der Waals surface area contributed by atoms with Crippen molar-refractivity contribution in [3.8, 4) is 5.75 Å². The molecule has 22 heavy (non-hydrogen) atoms. The molecular formula is C15H20N4O2S. The molecular weight excluding hydrogens is 300 g/mol. The van der Waals surface area contributed by atoms with Crippen LogP contribution >= 0.6 is 11.8 Å². The van der Waals surface area contributed by atoms with Crippen molar-refractivity contribution in [1.82, 2.24) is 20.5 Å². The first-order valence-electron chi connectivity index (χ1n) is 7.15. The van der Waals surface area contributed by atoms with Gasteiger partial charge in [0.15, 0.2) is 0 Å². The predicted octanol–water partition coefficient (Wildman–Crippen LogP) is 2.17. The molecule has 1 aromatic heterocycles. The molecule has 6 nitrogen and oxygen atoms in total. The molecule has 0 bridgehead atoms. The van der Waals surface area contributed by atoms with Gasteiger partial charge in [0.25, 0.3) is 0 Å². The van der Waals surface area contributed by atoms with Crippen molar-refractivity contribution in [1.29, 1.82) is 0 Å². The number of H-pyrrole nitrogens is 1. The summed E-state index contributed by atoms with van der Waals surface area (Å²) < 4.78 is 5.15. The summed E-state index contributed by atoms with van der Waals surface area (Å²) in [5, 5.41) is 10.4. The van der Waals surface area contributed by atoms with E-state index in [9.17, 15) is 4.79 Å². The lowest BCUT2D eigenvalue weighted by atomic mass is 10.2. The molecule has 0 radical (unpaired) electrons. The second-order valence-electron chi connectivity index (χ2n) is 4.73. The number of benzene rings is 1. The van der Waals surface area contributed by atoms with Crippen molar-refractivity contribution in [2.45, 2.75) is 31.5 Å². The van der Waals surface area contributed by atoms with Crippen molar-refractivity contribution >= 4 is 17.7 Å². The van der Waals surface area contributed by atoms with Crippen molar-refractivity contribution in [3.05, 3.63) is 35.7 Å². The van der Waals surface area contributed by atoms with Crippen molar-refractivity contribution in [3.63, 3.8) is 0 Å². The number of thioether (sulfide) groups is 1. The molecule has 1 aromatic carbocycles.